The van der Waals surface area contributed by atoms with Gasteiger partial charge in [-0.1, -0.05) is 88.8 Å². The topological polar surface area (TPSA) is 26.3 Å². The van der Waals surface area contributed by atoms with Crippen molar-refractivity contribution in [3.05, 3.63) is 36.5 Å². The predicted octanol–water partition coefficient (Wildman–Crippen LogP) is 7.95. The largest absolute Gasteiger partial charge is 0.466 e. The summed E-state index contributed by atoms with van der Waals surface area (Å²) in [7, 11) is 0. The van der Waals surface area contributed by atoms with Gasteiger partial charge in [0.1, 0.15) is 0 Å². The van der Waals surface area contributed by atoms with E-state index in [0.29, 0.717) is 6.61 Å². The molecule has 0 fully saturated rings. The summed E-state index contributed by atoms with van der Waals surface area (Å²) in [5.41, 5.74) is 0. The van der Waals surface area contributed by atoms with Crippen LogP contribution in [0.1, 0.15) is 104 Å². The van der Waals surface area contributed by atoms with Crippen molar-refractivity contribution in [2.45, 2.75) is 104 Å². The molecule has 0 N–H and O–H groups in total. The van der Waals surface area contributed by atoms with E-state index >= 15 is 0 Å². The van der Waals surface area contributed by atoms with Crippen molar-refractivity contribution in [2.24, 2.45) is 5.92 Å². The Labute approximate surface area is 169 Å². The molecular formula is C25H44O2. The third-order valence-electron chi connectivity index (χ3n) is 4.71. The van der Waals surface area contributed by atoms with Crippen LogP contribution in [0.5, 0.6) is 0 Å². The zero-order chi connectivity index (χ0) is 20.0. The molecule has 1 atom stereocenters. The van der Waals surface area contributed by atoms with Crippen molar-refractivity contribution in [1.82, 2.24) is 0 Å². The van der Waals surface area contributed by atoms with Crippen molar-refractivity contribution in [2.75, 3.05) is 6.61 Å². The highest BCUT2D eigenvalue weighted by molar-refractivity contribution is 5.72. The molecule has 0 saturated carbocycles. The van der Waals surface area contributed by atoms with E-state index < -0.39 is 0 Å². The van der Waals surface area contributed by atoms with Gasteiger partial charge in [0.25, 0.3) is 0 Å². The lowest BCUT2D eigenvalue weighted by Gasteiger charge is -2.14. The second-order valence-corrected chi connectivity index (χ2v) is 7.23. The van der Waals surface area contributed by atoms with Crippen molar-refractivity contribution in [3.63, 3.8) is 0 Å². The van der Waals surface area contributed by atoms with Crippen LogP contribution in [0.25, 0.3) is 0 Å². The van der Waals surface area contributed by atoms with Gasteiger partial charge in [-0.05, 0) is 51.9 Å². The highest BCUT2D eigenvalue weighted by Crippen LogP contribution is 2.18. The Balaban J connectivity index is 3.51. The molecule has 1 unspecified atom stereocenters. The summed E-state index contributed by atoms with van der Waals surface area (Å²) in [6.07, 6.45) is 28.6. The molecule has 0 amide bonds. The number of allylic oxidation sites excluding steroid dienone is 6. The van der Waals surface area contributed by atoms with Gasteiger partial charge >= 0.3 is 5.97 Å². The normalized spacial score (nSPS) is 13.1. The maximum absolute atomic E-state index is 11.9. The van der Waals surface area contributed by atoms with Gasteiger partial charge in [-0.15, -0.1) is 0 Å². The molecule has 2 heteroatoms. The van der Waals surface area contributed by atoms with E-state index in [0.717, 1.165) is 44.9 Å². The van der Waals surface area contributed by atoms with Crippen LogP contribution in [0.4, 0.5) is 0 Å². The average Bonchev–Trinajstić information content (AvgIpc) is 2.67. The zero-order valence-corrected chi connectivity index (χ0v) is 18.3. The first-order chi connectivity index (χ1) is 13.3. The Hall–Kier alpha value is -1.31. The lowest BCUT2D eigenvalue weighted by molar-refractivity contribution is -0.148. The number of esters is 1. The Kier molecular flexibility index (Phi) is 20.0. The van der Waals surface area contributed by atoms with Gasteiger partial charge < -0.3 is 4.74 Å². The van der Waals surface area contributed by atoms with Gasteiger partial charge in [0.05, 0.1) is 12.5 Å². The summed E-state index contributed by atoms with van der Waals surface area (Å²) in [6, 6.07) is 0. The summed E-state index contributed by atoms with van der Waals surface area (Å²) in [6.45, 7) is 6.69. The fraction of sp³-hybridized carbons (Fsp3) is 0.720. The van der Waals surface area contributed by atoms with Crippen LogP contribution in [0.2, 0.25) is 0 Å². The number of rotatable bonds is 18. The third-order valence-corrected chi connectivity index (χ3v) is 4.71. The number of hydrogen-bond donors (Lipinski definition) is 0. The fourth-order valence-corrected chi connectivity index (χ4v) is 3.18. The number of unbranched alkanes of at least 4 members (excludes halogenated alkanes) is 6. The molecule has 156 valence electrons. The van der Waals surface area contributed by atoms with E-state index in [-0.39, 0.29) is 11.9 Å². The molecule has 2 nitrogen and oxygen atoms in total. The quantitative estimate of drug-likeness (QED) is 0.138. The molecule has 0 heterocycles. The number of carbonyl (C=O) groups excluding carboxylic acids is 1. The minimum atomic E-state index is 0.0124. The van der Waals surface area contributed by atoms with Crippen LogP contribution < -0.4 is 0 Å². The molecule has 0 aliphatic heterocycles. The second kappa shape index (κ2) is 21.0. The van der Waals surface area contributed by atoms with Crippen molar-refractivity contribution < 1.29 is 9.53 Å². The standard InChI is InChI=1S/C25H44O2/c1-4-7-8-9-10-11-12-13-14-15-16-17-18-19-20-21-23-24(22-5-2)25(26)27-6-3/h7-8,10-11,13-14,24H,4-6,9,12,15-23H2,1-3H3/b8-7-,11-10-,14-13-. The number of hydrogen-bond acceptors (Lipinski definition) is 2. The molecule has 0 aromatic carbocycles. The van der Waals surface area contributed by atoms with Crippen LogP contribution in [-0.2, 0) is 9.53 Å². The maximum atomic E-state index is 11.9. The molecule has 0 radical (unpaired) electrons. The van der Waals surface area contributed by atoms with Gasteiger partial charge in [-0.2, -0.15) is 0 Å². The first-order valence-electron chi connectivity index (χ1n) is 11.4. The summed E-state index contributed by atoms with van der Waals surface area (Å²) in [4.78, 5) is 11.9. The maximum Gasteiger partial charge on any atom is 0.308 e. The molecule has 0 spiro atoms. The summed E-state index contributed by atoms with van der Waals surface area (Å²) >= 11 is 0. The summed E-state index contributed by atoms with van der Waals surface area (Å²) < 4.78 is 5.18. The molecule has 0 aliphatic carbocycles. The van der Waals surface area contributed by atoms with E-state index in [1.807, 2.05) is 6.92 Å². The number of carbonyl (C=O) groups is 1. The van der Waals surface area contributed by atoms with Crippen LogP contribution >= 0.6 is 0 Å². The minimum Gasteiger partial charge on any atom is -0.466 e. The highest BCUT2D eigenvalue weighted by atomic mass is 16.5. The first kappa shape index (κ1) is 25.7. The summed E-state index contributed by atoms with van der Waals surface area (Å²) in [5, 5.41) is 0. The van der Waals surface area contributed by atoms with Gasteiger partial charge in [0, 0.05) is 0 Å². The molecule has 27 heavy (non-hydrogen) atoms. The van der Waals surface area contributed by atoms with Gasteiger partial charge in [0.2, 0.25) is 0 Å². The highest BCUT2D eigenvalue weighted by Gasteiger charge is 2.17. The van der Waals surface area contributed by atoms with E-state index in [4.69, 9.17) is 4.74 Å². The van der Waals surface area contributed by atoms with E-state index in [1.165, 1.54) is 38.5 Å². The van der Waals surface area contributed by atoms with Crippen molar-refractivity contribution in [3.8, 4) is 0 Å². The Morgan fingerprint density at radius 1 is 0.741 bits per heavy atom. The second-order valence-electron chi connectivity index (χ2n) is 7.23. The van der Waals surface area contributed by atoms with E-state index in [2.05, 4.69) is 50.3 Å². The molecule has 0 aromatic heterocycles. The summed E-state index contributed by atoms with van der Waals surface area (Å²) in [5.74, 6) is 0.134. The molecule has 0 aromatic rings. The van der Waals surface area contributed by atoms with E-state index in [9.17, 15) is 4.79 Å². The van der Waals surface area contributed by atoms with Gasteiger partial charge in [0.15, 0.2) is 0 Å². The molecule has 0 aliphatic rings. The monoisotopic (exact) mass is 376 g/mol. The average molecular weight is 377 g/mol. The van der Waals surface area contributed by atoms with Crippen LogP contribution in [0.3, 0.4) is 0 Å². The van der Waals surface area contributed by atoms with Gasteiger partial charge in [-0.25, -0.2) is 0 Å². The lowest BCUT2D eigenvalue weighted by atomic mass is 9.96. The lowest BCUT2D eigenvalue weighted by Crippen LogP contribution is -2.17. The fourth-order valence-electron chi connectivity index (χ4n) is 3.18. The Bertz CT molecular complexity index is 407. The predicted molar refractivity (Wildman–Crippen MR) is 119 cm³/mol. The van der Waals surface area contributed by atoms with Crippen LogP contribution in [-0.4, -0.2) is 12.6 Å². The van der Waals surface area contributed by atoms with Crippen LogP contribution in [0, 0.1) is 5.92 Å². The molecule has 0 rings (SSSR count). The smallest absolute Gasteiger partial charge is 0.308 e. The Morgan fingerprint density at radius 3 is 1.96 bits per heavy atom. The SMILES string of the molecule is CC/C=C\C/C=C\C/C=C\CCCCCCCCC(CCC)C(=O)OCC. The molecular weight excluding hydrogens is 332 g/mol. The third kappa shape index (κ3) is 17.8. The van der Waals surface area contributed by atoms with Crippen molar-refractivity contribution in [1.29, 1.82) is 0 Å². The first-order valence-corrected chi connectivity index (χ1v) is 11.4. The Morgan fingerprint density at radius 2 is 1.33 bits per heavy atom. The zero-order valence-electron chi connectivity index (χ0n) is 18.3. The minimum absolute atomic E-state index is 0.0124. The number of ether oxygens (including phenoxy) is 1. The molecule has 0 saturated heterocycles. The molecule has 0 bridgehead atoms. The van der Waals surface area contributed by atoms with Crippen molar-refractivity contribution >= 4 is 5.97 Å². The van der Waals surface area contributed by atoms with Crippen LogP contribution in [0.15, 0.2) is 36.5 Å². The van der Waals surface area contributed by atoms with E-state index in [1.54, 1.807) is 0 Å². The van der Waals surface area contributed by atoms with Gasteiger partial charge in [-0.3, -0.25) is 4.79 Å².